The van der Waals surface area contributed by atoms with Crippen molar-refractivity contribution in [2.75, 3.05) is 7.05 Å². The van der Waals surface area contributed by atoms with E-state index in [0.29, 0.717) is 12.1 Å². The van der Waals surface area contributed by atoms with Gasteiger partial charge in [-0.05, 0) is 25.5 Å². The summed E-state index contributed by atoms with van der Waals surface area (Å²) in [5, 5.41) is 0. The molecule has 1 atom stereocenters. The first-order valence-electron chi connectivity index (χ1n) is 7.96. The fourth-order valence-electron chi connectivity index (χ4n) is 2.48. The molecular formula is C19H22N2O4. The van der Waals surface area contributed by atoms with E-state index in [9.17, 15) is 14.4 Å². The summed E-state index contributed by atoms with van der Waals surface area (Å²) in [5.41, 5.74) is 1.65. The number of carbonyl (C=O) groups excluding carboxylic acids is 3. The Labute approximate surface area is 147 Å². The second kappa shape index (κ2) is 7.79. The third-order valence-corrected chi connectivity index (χ3v) is 3.89. The minimum Gasteiger partial charge on any atom is -0.448 e. The molecule has 0 radical (unpaired) electrons. The van der Waals surface area contributed by atoms with Crippen LogP contribution in [0.5, 0.6) is 0 Å². The number of esters is 1. The van der Waals surface area contributed by atoms with Crippen LogP contribution in [0.3, 0.4) is 0 Å². The van der Waals surface area contributed by atoms with Gasteiger partial charge >= 0.3 is 5.97 Å². The molecule has 2 aromatic rings. The highest BCUT2D eigenvalue weighted by atomic mass is 16.5. The van der Waals surface area contributed by atoms with E-state index in [1.165, 1.54) is 29.4 Å². The number of likely N-dealkylation sites (N-methyl/N-ethyl adjacent to an activating group) is 1. The highest BCUT2D eigenvalue weighted by molar-refractivity contribution is 5.98. The maximum Gasteiger partial charge on any atom is 0.355 e. The first-order chi connectivity index (χ1) is 11.8. The average Bonchev–Trinajstić information content (AvgIpc) is 2.97. The average molecular weight is 342 g/mol. The van der Waals surface area contributed by atoms with Crippen LogP contribution in [-0.4, -0.2) is 40.3 Å². The van der Waals surface area contributed by atoms with Crippen molar-refractivity contribution >= 4 is 17.7 Å². The summed E-state index contributed by atoms with van der Waals surface area (Å²) in [4.78, 5) is 37.6. The molecule has 1 aromatic heterocycles. The van der Waals surface area contributed by atoms with Gasteiger partial charge in [-0.1, -0.05) is 30.3 Å². The molecule has 0 unspecified atom stereocenters. The van der Waals surface area contributed by atoms with Crippen molar-refractivity contribution in [1.82, 2.24) is 9.47 Å². The molecule has 0 spiro atoms. The summed E-state index contributed by atoms with van der Waals surface area (Å²) in [5.74, 6) is -1.07. The summed E-state index contributed by atoms with van der Waals surface area (Å²) in [6, 6.07) is 11.0. The zero-order valence-electron chi connectivity index (χ0n) is 14.9. The number of benzene rings is 1. The number of amides is 1. The molecule has 0 aliphatic carbocycles. The van der Waals surface area contributed by atoms with Crippen LogP contribution in [0.25, 0.3) is 0 Å². The second-order valence-electron chi connectivity index (χ2n) is 6.01. The molecule has 1 amide bonds. The number of ether oxygens (including phenoxy) is 1. The van der Waals surface area contributed by atoms with Crippen molar-refractivity contribution in [1.29, 1.82) is 0 Å². The SMILES string of the molecule is CC(=O)c1cc(C(=O)O[C@H](C)C(=O)N(C)Cc2ccccc2)n(C)c1. The van der Waals surface area contributed by atoms with Crippen LogP contribution in [0.1, 0.15) is 40.3 Å². The third kappa shape index (κ3) is 4.56. The van der Waals surface area contributed by atoms with Gasteiger partial charge in [0.1, 0.15) is 5.69 Å². The lowest BCUT2D eigenvalue weighted by Gasteiger charge is -2.21. The molecule has 1 aromatic carbocycles. The maximum atomic E-state index is 12.4. The van der Waals surface area contributed by atoms with Crippen molar-refractivity contribution in [3.63, 3.8) is 0 Å². The van der Waals surface area contributed by atoms with Crippen LogP contribution >= 0.6 is 0 Å². The summed E-state index contributed by atoms with van der Waals surface area (Å²) >= 11 is 0. The normalized spacial score (nSPS) is 11.7. The van der Waals surface area contributed by atoms with E-state index in [1.54, 1.807) is 20.3 Å². The summed E-state index contributed by atoms with van der Waals surface area (Å²) < 4.78 is 6.79. The van der Waals surface area contributed by atoms with Crippen molar-refractivity contribution in [3.8, 4) is 0 Å². The van der Waals surface area contributed by atoms with Crippen molar-refractivity contribution < 1.29 is 19.1 Å². The standard InChI is InChI=1S/C19H22N2O4/c1-13(22)16-10-17(20(3)12-16)19(24)25-14(2)18(23)21(4)11-15-8-6-5-7-9-15/h5-10,12,14H,11H2,1-4H3/t14-/m1/s1. The Balaban J connectivity index is 2.00. The molecule has 0 saturated heterocycles. The Morgan fingerprint density at radius 1 is 1.20 bits per heavy atom. The lowest BCUT2D eigenvalue weighted by atomic mass is 10.2. The lowest BCUT2D eigenvalue weighted by molar-refractivity contribution is -0.139. The smallest absolute Gasteiger partial charge is 0.355 e. The molecule has 0 aliphatic heterocycles. The molecule has 0 bridgehead atoms. The number of hydrogen-bond donors (Lipinski definition) is 0. The first kappa shape index (κ1) is 18.4. The summed E-state index contributed by atoms with van der Waals surface area (Å²) in [7, 11) is 3.31. The number of carbonyl (C=O) groups is 3. The number of aryl methyl sites for hydroxylation is 1. The second-order valence-corrected chi connectivity index (χ2v) is 6.01. The predicted molar refractivity (Wildman–Crippen MR) is 93.2 cm³/mol. The Morgan fingerprint density at radius 2 is 1.84 bits per heavy atom. The highest BCUT2D eigenvalue weighted by Gasteiger charge is 2.24. The molecule has 2 rings (SSSR count). The van der Waals surface area contributed by atoms with E-state index in [2.05, 4.69) is 0 Å². The minimum absolute atomic E-state index is 0.138. The van der Waals surface area contributed by atoms with Gasteiger partial charge in [0.15, 0.2) is 11.9 Å². The Bertz CT molecular complexity index is 780. The van der Waals surface area contributed by atoms with Crippen LogP contribution < -0.4 is 0 Å². The van der Waals surface area contributed by atoms with Crippen LogP contribution in [0.4, 0.5) is 0 Å². The summed E-state index contributed by atoms with van der Waals surface area (Å²) in [6.07, 6.45) is 0.643. The lowest BCUT2D eigenvalue weighted by Crippen LogP contribution is -2.37. The van der Waals surface area contributed by atoms with Gasteiger partial charge in [0.2, 0.25) is 0 Å². The molecule has 0 N–H and O–H groups in total. The van der Waals surface area contributed by atoms with Gasteiger partial charge < -0.3 is 14.2 Å². The number of aromatic nitrogens is 1. The fraction of sp³-hybridized carbons (Fsp3) is 0.316. The minimum atomic E-state index is -0.920. The number of Topliss-reactive ketones (excluding diaryl/α,β-unsaturated/α-hetero) is 1. The van der Waals surface area contributed by atoms with Gasteiger partial charge in [-0.15, -0.1) is 0 Å². The largest absolute Gasteiger partial charge is 0.448 e. The fourth-order valence-corrected chi connectivity index (χ4v) is 2.48. The molecule has 0 aliphatic rings. The van der Waals surface area contributed by atoms with Gasteiger partial charge in [0.25, 0.3) is 5.91 Å². The molecule has 6 nitrogen and oxygen atoms in total. The maximum absolute atomic E-state index is 12.4. The highest BCUT2D eigenvalue weighted by Crippen LogP contribution is 2.12. The van der Waals surface area contributed by atoms with Gasteiger partial charge in [-0.2, -0.15) is 0 Å². The Morgan fingerprint density at radius 3 is 2.40 bits per heavy atom. The van der Waals surface area contributed by atoms with E-state index in [-0.39, 0.29) is 17.4 Å². The van der Waals surface area contributed by atoms with Crippen LogP contribution in [0, 0.1) is 0 Å². The van der Waals surface area contributed by atoms with E-state index in [4.69, 9.17) is 4.74 Å². The number of hydrogen-bond acceptors (Lipinski definition) is 4. The number of ketones is 1. The zero-order chi connectivity index (χ0) is 18.6. The van der Waals surface area contributed by atoms with Gasteiger partial charge in [0.05, 0.1) is 0 Å². The van der Waals surface area contributed by atoms with Crippen LogP contribution in [0.2, 0.25) is 0 Å². The molecular weight excluding hydrogens is 320 g/mol. The number of rotatable bonds is 6. The molecule has 6 heteroatoms. The first-order valence-corrected chi connectivity index (χ1v) is 7.96. The van der Waals surface area contributed by atoms with E-state index >= 15 is 0 Å². The van der Waals surface area contributed by atoms with Crippen LogP contribution in [-0.2, 0) is 23.1 Å². The predicted octanol–water partition coefficient (Wildman–Crippen LogP) is 2.43. The molecule has 132 valence electrons. The zero-order valence-corrected chi connectivity index (χ0v) is 14.9. The van der Waals surface area contributed by atoms with Crippen molar-refractivity contribution in [2.45, 2.75) is 26.5 Å². The third-order valence-electron chi connectivity index (χ3n) is 3.89. The molecule has 0 saturated carbocycles. The monoisotopic (exact) mass is 342 g/mol. The van der Waals surface area contributed by atoms with E-state index in [0.717, 1.165) is 5.56 Å². The Hall–Kier alpha value is -2.89. The van der Waals surface area contributed by atoms with E-state index in [1.807, 2.05) is 30.3 Å². The Kier molecular flexibility index (Phi) is 5.75. The topological polar surface area (TPSA) is 68.6 Å². The number of nitrogens with zero attached hydrogens (tertiary/aromatic N) is 2. The van der Waals surface area contributed by atoms with Gasteiger partial charge in [-0.25, -0.2) is 4.79 Å². The van der Waals surface area contributed by atoms with E-state index < -0.39 is 12.1 Å². The van der Waals surface area contributed by atoms with Crippen molar-refractivity contribution in [2.24, 2.45) is 7.05 Å². The molecule has 25 heavy (non-hydrogen) atoms. The van der Waals surface area contributed by atoms with Gasteiger partial charge in [-0.3, -0.25) is 9.59 Å². The summed E-state index contributed by atoms with van der Waals surface area (Å²) in [6.45, 7) is 3.39. The molecule has 0 fully saturated rings. The molecule has 1 heterocycles. The van der Waals surface area contributed by atoms with Crippen LogP contribution in [0.15, 0.2) is 42.6 Å². The quantitative estimate of drug-likeness (QED) is 0.597. The van der Waals surface area contributed by atoms with Crippen molar-refractivity contribution in [3.05, 3.63) is 59.4 Å². The van der Waals surface area contributed by atoms with Gasteiger partial charge in [0, 0.05) is 32.4 Å².